The van der Waals surface area contributed by atoms with Crippen LogP contribution in [0, 0.1) is 0 Å². The quantitative estimate of drug-likeness (QED) is 0.548. The summed E-state index contributed by atoms with van der Waals surface area (Å²) in [4.78, 5) is 20.9. The van der Waals surface area contributed by atoms with Gasteiger partial charge in [0.15, 0.2) is 23.0 Å². The van der Waals surface area contributed by atoms with Gasteiger partial charge in [-0.15, -0.1) is 0 Å². The maximum Gasteiger partial charge on any atom is 0.250 e. The average molecular weight is 468 g/mol. The van der Waals surface area contributed by atoms with Crippen molar-refractivity contribution in [2.75, 3.05) is 55.9 Å². The molecule has 1 atom stereocenters. The van der Waals surface area contributed by atoms with Crippen molar-refractivity contribution in [3.05, 3.63) is 34.9 Å². The molecule has 2 aromatic carbocycles. The smallest absolute Gasteiger partial charge is 0.250 e. The molecule has 11 heteroatoms. The van der Waals surface area contributed by atoms with E-state index in [1.54, 1.807) is 18.2 Å². The molecule has 11 nitrogen and oxygen atoms in total. The average Bonchev–Trinajstić information content (AvgIpc) is 3.15. The molecule has 1 fully saturated rings. The lowest BCUT2D eigenvalue weighted by atomic mass is 9.93. The predicted molar refractivity (Wildman–Crippen MR) is 113 cm³/mol. The fraction of sp³-hybridized carbons (Fsp3) is 0.455. The molecule has 0 bridgehead atoms. The van der Waals surface area contributed by atoms with Crippen LogP contribution in [0.15, 0.2) is 18.2 Å². The van der Waals surface area contributed by atoms with Crippen LogP contribution in [0.3, 0.4) is 0 Å². The molecule has 0 radical (unpaired) electrons. The van der Waals surface area contributed by atoms with Gasteiger partial charge in [0.25, 0.3) is 0 Å². The number of methoxy groups -OCH3 is 6. The standard InChI is InChI=1S/C22H28O11/c1-24-14-9-12(10-15(25-2)19(14)27-4)18(23)17-13(22-32-30-7-8-31-33-22)11-16(26-3)20(28-5)21(17)29-6/h9-11,18,22-23H,7-8H2,1-6H3. The molecule has 0 spiro atoms. The monoisotopic (exact) mass is 468 g/mol. The van der Waals surface area contributed by atoms with Crippen molar-refractivity contribution in [1.29, 1.82) is 0 Å². The summed E-state index contributed by atoms with van der Waals surface area (Å²) < 4.78 is 32.8. The van der Waals surface area contributed by atoms with Gasteiger partial charge in [-0.1, -0.05) is 0 Å². The molecule has 1 unspecified atom stereocenters. The van der Waals surface area contributed by atoms with Gasteiger partial charge in [-0.2, -0.15) is 9.78 Å². The SMILES string of the molecule is COc1cc(C(O)c2c(C3OOCCOO3)cc(OC)c(OC)c2OC)cc(OC)c1OC. The first-order valence-electron chi connectivity index (χ1n) is 9.91. The molecule has 2 aromatic rings. The first-order chi connectivity index (χ1) is 16.0. The van der Waals surface area contributed by atoms with Crippen LogP contribution in [0.25, 0.3) is 0 Å². The van der Waals surface area contributed by atoms with E-state index in [-0.39, 0.29) is 30.3 Å². The summed E-state index contributed by atoms with van der Waals surface area (Å²) >= 11 is 0. The summed E-state index contributed by atoms with van der Waals surface area (Å²) in [6, 6.07) is 4.82. The predicted octanol–water partition coefficient (Wildman–Crippen LogP) is 2.73. The minimum absolute atomic E-state index is 0.158. The van der Waals surface area contributed by atoms with E-state index in [0.717, 1.165) is 0 Å². The van der Waals surface area contributed by atoms with E-state index in [9.17, 15) is 5.11 Å². The van der Waals surface area contributed by atoms with E-state index in [1.165, 1.54) is 42.7 Å². The number of benzene rings is 2. The minimum Gasteiger partial charge on any atom is -0.493 e. The number of hydrogen-bond donors (Lipinski definition) is 1. The van der Waals surface area contributed by atoms with Crippen molar-refractivity contribution in [3.63, 3.8) is 0 Å². The Morgan fingerprint density at radius 3 is 1.64 bits per heavy atom. The van der Waals surface area contributed by atoms with Crippen LogP contribution in [0.2, 0.25) is 0 Å². The van der Waals surface area contributed by atoms with Crippen LogP contribution < -0.4 is 28.4 Å². The third kappa shape index (κ3) is 4.87. The number of rotatable bonds is 9. The molecule has 0 amide bonds. The molecule has 1 aliphatic heterocycles. The van der Waals surface area contributed by atoms with Gasteiger partial charge in [-0.05, 0) is 23.8 Å². The highest BCUT2D eigenvalue weighted by Gasteiger charge is 2.33. The molecule has 0 aromatic heterocycles. The Balaban J connectivity index is 2.25. The van der Waals surface area contributed by atoms with Crippen molar-refractivity contribution in [3.8, 4) is 34.5 Å². The van der Waals surface area contributed by atoms with Gasteiger partial charge in [0, 0.05) is 11.1 Å². The lowest BCUT2D eigenvalue weighted by Crippen LogP contribution is -2.15. The highest BCUT2D eigenvalue weighted by atomic mass is 17.3. The maximum absolute atomic E-state index is 11.6. The molecule has 3 rings (SSSR count). The van der Waals surface area contributed by atoms with E-state index in [4.69, 9.17) is 48.0 Å². The second-order valence-corrected chi connectivity index (χ2v) is 6.68. The molecule has 182 valence electrons. The Bertz CT molecular complexity index is 913. The number of ether oxygens (including phenoxy) is 6. The van der Waals surface area contributed by atoms with Crippen LogP contribution in [-0.4, -0.2) is 61.0 Å². The van der Waals surface area contributed by atoms with Crippen LogP contribution in [0.5, 0.6) is 34.5 Å². The van der Waals surface area contributed by atoms with E-state index in [0.29, 0.717) is 34.1 Å². The molecular formula is C22H28O11. The fourth-order valence-electron chi connectivity index (χ4n) is 3.51. The zero-order valence-corrected chi connectivity index (χ0v) is 19.3. The summed E-state index contributed by atoms with van der Waals surface area (Å²) in [6.45, 7) is 0.317. The topological polar surface area (TPSA) is 113 Å². The zero-order chi connectivity index (χ0) is 24.0. The van der Waals surface area contributed by atoms with Gasteiger partial charge >= 0.3 is 0 Å². The van der Waals surface area contributed by atoms with Gasteiger partial charge in [0.2, 0.25) is 17.8 Å². The van der Waals surface area contributed by atoms with Crippen LogP contribution in [0.4, 0.5) is 0 Å². The van der Waals surface area contributed by atoms with Gasteiger partial charge in [-0.3, -0.25) is 0 Å². The van der Waals surface area contributed by atoms with Crippen LogP contribution in [0.1, 0.15) is 29.1 Å². The second-order valence-electron chi connectivity index (χ2n) is 6.68. The lowest BCUT2D eigenvalue weighted by molar-refractivity contribution is -0.430. The number of aliphatic hydroxyl groups excluding tert-OH is 1. The van der Waals surface area contributed by atoms with Gasteiger partial charge < -0.3 is 33.5 Å². The number of aliphatic hydroxyl groups is 1. The molecule has 0 saturated carbocycles. The molecule has 1 aliphatic rings. The van der Waals surface area contributed by atoms with Crippen molar-refractivity contribution in [2.45, 2.75) is 12.4 Å². The molecule has 0 aliphatic carbocycles. The van der Waals surface area contributed by atoms with E-state index in [2.05, 4.69) is 0 Å². The van der Waals surface area contributed by atoms with Gasteiger partial charge in [0.1, 0.15) is 19.3 Å². The van der Waals surface area contributed by atoms with Crippen LogP contribution in [-0.2, 0) is 19.6 Å². The second kappa shape index (κ2) is 11.3. The fourth-order valence-corrected chi connectivity index (χ4v) is 3.51. The Morgan fingerprint density at radius 2 is 1.18 bits per heavy atom. The summed E-state index contributed by atoms with van der Waals surface area (Å²) in [5.74, 6) is 1.89. The third-order valence-electron chi connectivity index (χ3n) is 4.99. The first-order valence-corrected chi connectivity index (χ1v) is 9.91. The molecule has 33 heavy (non-hydrogen) atoms. The lowest BCUT2D eigenvalue weighted by Gasteiger charge is -2.25. The van der Waals surface area contributed by atoms with E-state index in [1.807, 2.05) is 0 Å². The van der Waals surface area contributed by atoms with E-state index >= 15 is 0 Å². The van der Waals surface area contributed by atoms with Crippen molar-refractivity contribution < 1.29 is 53.1 Å². The molecule has 1 N–H and O–H groups in total. The highest BCUT2D eigenvalue weighted by Crippen LogP contribution is 2.49. The Morgan fingerprint density at radius 1 is 0.697 bits per heavy atom. The Hall–Kier alpha value is -2.96. The molecule has 1 saturated heterocycles. The molecule has 1 heterocycles. The largest absolute Gasteiger partial charge is 0.493 e. The first kappa shape index (κ1) is 24.7. The third-order valence-corrected chi connectivity index (χ3v) is 4.99. The van der Waals surface area contributed by atoms with Gasteiger partial charge in [0.05, 0.1) is 42.7 Å². The minimum atomic E-state index is -1.28. The Labute approximate surface area is 191 Å². The van der Waals surface area contributed by atoms with E-state index < -0.39 is 12.4 Å². The molecular weight excluding hydrogens is 440 g/mol. The van der Waals surface area contributed by atoms with Gasteiger partial charge in [-0.25, -0.2) is 9.78 Å². The van der Waals surface area contributed by atoms with Crippen molar-refractivity contribution >= 4 is 0 Å². The highest BCUT2D eigenvalue weighted by molar-refractivity contribution is 5.63. The maximum atomic E-state index is 11.6. The summed E-state index contributed by atoms with van der Waals surface area (Å²) in [5, 5.41) is 11.6. The Kier molecular flexibility index (Phi) is 8.42. The zero-order valence-electron chi connectivity index (χ0n) is 19.3. The number of hydrogen-bond acceptors (Lipinski definition) is 11. The normalized spacial score (nSPS) is 15.4. The van der Waals surface area contributed by atoms with Crippen LogP contribution >= 0.6 is 0 Å². The summed E-state index contributed by atoms with van der Waals surface area (Å²) in [7, 11) is 8.83. The summed E-state index contributed by atoms with van der Waals surface area (Å²) in [6.07, 6.45) is -2.44. The summed E-state index contributed by atoms with van der Waals surface area (Å²) in [5.41, 5.74) is 1.00. The van der Waals surface area contributed by atoms with Crippen molar-refractivity contribution in [1.82, 2.24) is 0 Å². The van der Waals surface area contributed by atoms with Crippen molar-refractivity contribution in [2.24, 2.45) is 0 Å².